The second-order valence-corrected chi connectivity index (χ2v) is 6.41. The fourth-order valence-corrected chi connectivity index (χ4v) is 2.90. The molecule has 0 bridgehead atoms. The number of nitrogens with one attached hydrogen (secondary N) is 1. The Morgan fingerprint density at radius 3 is 2.30 bits per heavy atom. The summed E-state index contributed by atoms with van der Waals surface area (Å²) in [5, 5.41) is 11.8. The molecule has 1 fully saturated rings. The zero-order valence-corrected chi connectivity index (χ0v) is 14.1. The average molecular weight is 313 g/mol. The fourth-order valence-electron chi connectivity index (χ4n) is 2.90. The van der Waals surface area contributed by atoms with Gasteiger partial charge in [-0.25, -0.2) is 4.79 Å². The van der Waals surface area contributed by atoms with Crippen LogP contribution in [-0.2, 0) is 10.3 Å². The Kier molecular flexibility index (Phi) is 4.74. The van der Waals surface area contributed by atoms with Gasteiger partial charge in [-0.2, -0.15) is 5.26 Å². The Morgan fingerprint density at radius 1 is 1.22 bits per heavy atom. The van der Waals surface area contributed by atoms with Crippen LogP contribution in [0.25, 0.3) is 0 Å². The number of imide groups is 1. The van der Waals surface area contributed by atoms with E-state index < -0.39 is 11.6 Å². The molecule has 0 spiro atoms. The number of urea groups is 1. The number of hydrogen-bond donors (Lipinski definition) is 1. The molecule has 1 aromatic carbocycles. The SMILES string of the molecule is CCC1(c2ccc(C(C)C)cc2)NC(=O)N(CC(C)C#N)C1=O. The van der Waals surface area contributed by atoms with Gasteiger partial charge in [0, 0.05) is 6.54 Å². The van der Waals surface area contributed by atoms with E-state index in [2.05, 4.69) is 25.2 Å². The highest BCUT2D eigenvalue weighted by Gasteiger charge is 2.51. The molecule has 1 saturated heterocycles. The summed E-state index contributed by atoms with van der Waals surface area (Å²) in [6, 6.07) is 9.46. The Morgan fingerprint density at radius 2 is 1.83 bits per heavy atom. The van der Waals surface area contributed by atoms with Gasteiger partial charge in [-0.1, -0.05) is 45.0 Å². The summed E-state index contributed by atoms with van der Waals surface area (Å²) in [5.74, 6) is -0.256. The third-order valence-corrected chi connectivity index (χ3v) is 4.45. The molecule has 0 aliphatic carbocycles. The van der Waals surface area contributed by atoms with E-state index in [1.165, 1.54) is 5.56 Å². The zero-order chi connectivity index (χ0) is 17.2. The maximum atomic E-state index is 12.9. The van der Waals surface area contributed by atoms with Gasteiger partial charge in [0.15, 0.2) is 0 Å². The molecular formula is C18H23N3O2. The van der Waals surface area contributed by atoms with Crippen LogP contribution in [0.2, 0.25) is 0 Å². The molecule has 122 valence electrons. The number of rotatable bonds is 5. The van der Waals surface area contributed by atoms with Crippen LogP contribution in [0.15, 0.2) is 24.3 Å². The Balaban J connectivity index is 2.36. The van der Waals surface area contributed by atoms with Crippen molar-refractivity contribution in [2.75, 3.05) is 6.54 Å². The lowest BCUT2D eigenvalue weighted by Crippen LogP contribution is -2.43. The highest BCUT2D eigenvalue weighted by molar-refractivity contribution is 6.07. The van der Waals surface area contributed by atoms with Gasteiger partial charge in [-0.15, -0.1) is 0 Å². The molecule has 5 nitrogen and oxygen atoms in total. The largest absolute Gasteiger partial charge is 0.325 e. The van der Waals surface area contributed by atoms with Crippen molar-refractivity contribution in [2.24, 2.45) is 5.92 Å². The van der Waals surface area contributed by atoms with Crippen LogP contribution in [-0.4, -0.2) is 23.4 Å². The van der Waals surface area contributed by atoms with Crippen LogP contribution in [0.1, 0.15) is 51.2 Å². The quantitative estimate of drug-likeness (QED) is 0.849. The molecule has 1 heterocycles. The van der Waals surface area contributed by atoms with Crippen LogP contribution in [0.4, 0.5) is 4.79 Å². The number of nitriles is 1. The average Bonchev–Trinajstić information content (AvgIpc) is 2.79. The minimum atomic E-state index is -1.03. The monoisotopic (exact) mass is 313 g/mol. The zero-order valence-electron chi connectivity index (χ0n) is 14.1. The highest BCUT2D eigenvalue weighted by Crippen LogP contribution is 2.33. The van der Waals surface area contributed by atoms with E-state index in [1.807, 2.05) is 31.2 Å². The fraction of sp³-hybridized carbons (Fsp3) is 0.500. The third kappa shape index (κ3) is 2.94. The molecule has 1 aromatic rings. The normalized spacial score (nSPS) is 22.2. The molecule has 0 saturated carbocycles. The number of carbonyl (C=O) groups excluding carboxylic acids is 2. The van der Waals surface area contributed by atoms with Crippen LogP contribution >= 0.6 is 0 Å². The number of amides is 3. The molecular weight excluding hydrogens is 290 g/mol. The molecule has 2 atom stereocenters. The summed E-state index contributed by atoms with van der Waals surface area (Å²) in [6.07, 6.45) is 0.468. The first-order chi connectivity index (χ1) is 10.9. The predicted octanol–water partition coefficient (Wildman–Crippen LogP) is 3.13. The van der Waals surface area contributed by atoms with Crippen molar-refractivity contribution in [1.29, 1.82) is 5.26 Å². The minimum absolute atomic E-state index is 0.118. The van der Waals surface area contributed by atoms with Crippen LogP contribution in [0, 0.1) is 17.2 Å². The van der Waals surface area contributed by atoms with Gasteiger partial charge in [0.05, 0.1) is 12.0 Å². The van der Waals surface area contributed by atoms with Gasteiger partial charge in [-0.05, 0) is 30.4 Å². The maximum absolute atomic E-state index is 12.9. The highest BCUT2D eigenvalue weighted by atomic mass is 16.2. The van der Waals surface area contributed by atoms with E-state index in [4.69, 9.17) is 5.26 Å². The summed E-state index contributed by atoms with van der Waals surface area (Å²) in [5.41, 5.74) is 0.948. The molecule has 2 unspecified atom stereocenters. The Labute approximate surface area is 137 Å². The van der Waals surface area contributed by atoms with E-state index in [-0.39, 0.29) is 18.4 Å². The van der Waals surface area contributed by atoms with Crippen molar-refractivity contribution in [3.63, 3.8) is 0 Å². The summed E-state index contributed by atoms with van der Waals surface area (Å²) in [7, 11) is 0. The predicted molar refractivity (Wildman–Crippen MR) is 87.5 cm³/mol. The smallest absolute Gasteiger partial charge is 0.319 e. The number of carbonyl (C=O) groups is 2. The van der Waals surface area contributed by atoms with Gasteiger partial charge in [-0.3, -0.25) is 9.69 Å². The Hall–Kier alpha value is -2.35. The number of benzene rings is 1. The van der Waals surface area contributed by atoms with Crippen molar-refractivity contribution < 1.29 is 9.59 Å². The van der Waals surface area contributed by atoms with Crippen molar-refractivity contribution >= 4 is 11.9 Å². The van der Waals surface area contributed by atoms with E-state index in [9.17, 15) is 9.59 Å². The van der Waals surface area contributed by atoms with Crippen LogP contribution in [0.3, 0.4) is 0 Å². The third-order valence-electron chi connectivity index (χ3n) is 4.45. The molecule has 0 radical (unpaired) electrons. The topological polar surface area (TPSA) is 73.2 Å². The van der Waals surface area contributed by atoms with Crippen molar-refractivity contribution in [3.05, 3.63) is 35.4 Å². The summed E-state index contributed by atoms with van der Waals surface area (Å²) >= 11 is 0. The standard InChI is InChI=1S/C18H23N3O2/c1-5-18(15-8-6-14(7-9-15)12(2)3)16(22)21(17(23)20-18)11-13(4)10-19/h6-9,12-13H,5,11H2,1-4H3,(H,20,23). The lowest BCUT2D eigenvalue weighted by Gasteiger charge is -2.26. The first-order valence-electron chi connectivity index (χ1n) is 7.99. The van der Waals surface area contributed by atoms with E-state index in [0.29, 0.717) is 12.3 Å². The lowest BCUT2D eigenvalue weighted by molar-refractivity contribution is -0.132. The van der Waals surface area contributed by atoms with Gasteiger partial charge in [0.25, 0.3) is 5.91 Å². The summed E-state index contributed by atoms with van der Waals surface area (Å²) in [6.45, 7) is 7.92. The Bertz CT molecular complexity index is 645. The van der Waals surface area contributed by atoms with Crippen molar-refractivity contribution in [3.8, 4) is 6.07 Å². The molecule has 23 heavy (non-hydrogen) atoms. The molecule has 5 heteroatoms. The number of hydrogen-bond acceptors (Lipinski definition) is 3. The first kappa shape index (κ1) is 17.0. The second-order valence-electron chi connectivity index (χ2n) is 6.41. The first-order valence-corrected chi connectivity index (χ1v) is 7.99. The van der Waals surface area contributed by atoms with Crippen LogP contribution < -0.4 is 5.32 Å². The second kappa shape index (κ2) is 6.41. The minimum Gasteiger partial charge on any atom is -0.319 e. The summed E-state index contributed by atoms with van der Waals surface area (Å²) < 4.78 is 0. The molecule has 1 aliphatic heterocycles. The molecule has 1 aliphatic rings. The number of nitrogens with zero attached hydrogens (tertiary/aromatic N) is 2. The van der Waals surface area contributed by atoms with Gasteiger partial charge >= 0.3 is 6.03 Å². The molecule has 1 N–H and O–H groups in total. The summed E-state index contributed by atoms with van der Waals surface area (Å²) in [4.78, 5) is 26.3. The van der Waals surface area contributed by atoms with Crippen molar-refractivity contribution in [2.45, 2.75) is 45.6 Å². The molecule has 3 amide bonds. The maximum Gasteiger partial charge on any atom is 0.325 e. The molecule has 0 aromatic heterocycles. The van der Waals surface area contributed by atoms with Gasteiger partial charge in [0.2, 0.25) is 0 Å². The van der Waals surface area contributed by atoms with Gasteiger partial charge < -0.3 is 5.32 Å². The van der Waals surface area contributed by atoms with E-state index in [0.717, 1.165) is 10.5 Å². The van der Waals surface area contributed by atoms with Gasteiger partial charge in [0.1, 0.15) is 5.54 Å². The molecule has 2 rings (SSSR count). The van der Waals surface area contributed by atoms with E-state index in [1.54, 1.807) is 6.92 Å². The van der Waals surface area contributed by atoms with E-state index >= 15 is 0 Å². The van der Waals surface area contributed by atoms with Crippen molar-refractivity contribution in [1.82, 2.24) is 10.2 Å². The van der Waals surface area contributed by atoms with Crippen LogP contribution in [0.5, 0.6) is 0 Å². The lowest BCUT2D eigenvalue weighted by atomic mass is 9.86.